The van der Waals surface area contributed by atoms with Crippen LogP contribution in [0.3, 0.4) is 0 Å². The minimum atomic E-state index is -6.13. The molecule has 0 aliphatic rings. The van der Waals surface area contributed by atoms with Gasteiger partial charge < -0.3 is 4.74 Å². The number of ether oxygens (including phenoxy) is 1. The SMILES string of the molecule is ClCOc1c2ccccc2cc[n+]1Cc1ccccc1.FC(F)(F)c1cc([B-](c2cc(C(F)(F)F)cc(C(F)(F)F)c2)(c2cc(C(F)(F)F)cc(C(F)(F)F)c2)c2cc(C(F)(F)F)cc(C(F)(F)F)c2)cc(C(F)(F)F)c1. The van der Waals surface area contributed by atoms with Crippen LogP contribution in [-0.4, -0.2) is 12.2 Å². The molecule has 0 unspecified atom stereocenters. The molecule has 0 radical (unpaired) electrons. The van der Waals surface area contributed by atoms with E-state index in [-0.39, 0.29) is 6.07 Å². The minimum Gasteiger partial charge on any atom is -0.428 e. The second-order valence-electron chi connectivity index (χ2n) is 16.8. The summed E-state index contributed by atoms with van der Waals surface area (Å²) < 4.78 is 349. The van der Waals surface area contributed by atoms with Gasteiger partial charge >= 0.3 is 55.3 Å². The first kappa shape index (κ1) is 59.4. The normalized spacial score (nSPS) is 13.4. The van der Waals surface area contributed by atoms with Crippen LogP contribution in [0.2, 0.25) is 0 Å². The highest BCUT2D eigenvalue weighted by molar-refractivity contribution is 7.20. The Kier molecular flexibility index (Phi) is 16.1. The van der Waals surface area contributed by atoms with E-state index in [1.807, 2.05) is 36.5 Å². The van der Waals surface area contributed by atoms with E-state index in [4.69, 9.17) is 16.3 Å². The van der Waals surface area contributed by atoms with Gasteiger partial charge in [0.25, 0.3) is 0 Å². The van der Waals surface area contributed by atoms with Crippen molar-refractivity contribution in [3.63, 3.8) is 0 Å². The van der Waals surface area contributed by atoms with Crippen molar-refractivity contribution in [2.24, 2.45) is 0 Å². The highest BCUT2D eigenvalue weighted by Crippen LogP contribution is 2.41. The zero-order valence-electron chi connectivity index (χ0n) is 37.6. The van der Waals surface area contributed by atoms with E-state index in [0.717, 1.165) is 23.2 Å². The summed E-state index contributed by atoms with van der Waals surface area (Å²) in [5, 5.41) is 2.23. The first-order valence-electron chi connectivity index (χ1n) is 21.1. The molecular formula is C49H27BClF24NO. The first-order chi connectivity index (χ1) is 35.1. The van der Waals surface area contributed by atoms with E-state index in [1.165, 1.54) is 5.56 Å². The summed E-state index contributed by atoms with van der Waals surface area (Å²) >= 11 is 5.78. The molecule has 0 aliphatic carbocycles. The van der Waals surface area contributed by atoms with E-state index in [1.54, 1.807) is 0 Å². The van der Waals surface area contributed by atoms with Crippen molar-refractivity contribution in [2.75, 3.05) is 6.07 Å². The number of aromatic nitrogens is 1. The number of rotatable bonds is 8. The molecule has 0 saturated heterocycles. The Balaban J connectivity index is 0.000000397. The van der Waals surface area contributed by atoms with E-state index in [0.29, 0.717) is 0 Å². The summed E-state index contributed by atoms with van der Waals surface area (Å²) in [5.74, 6) is 0.807. The molecular weight excluding hydrogens is 1120 g/mol. The van der Waals surface area contributed by atoms with Gasteiger partial charge in [0.1, 0.15) is 6.15 Å². The van der Waals surface area contributed by atoms with Gasteiger partial charge in [-0.25, -0.2) is 0 Å². The summed E-state index contributed by atoms with van der Waals surface area (Å²) in [5.41, 5.74) is -29.0. The summed E-state index contributed by atoms with van der Waals surface area (Å²) in [6, 6.07) is 11.9. The smallest absolute Gasteiger partial charge is 0.416 e. The maximum Gasteiger partial charge on any atom is 0.416 e. The van der Waals surface area contributed by atoms with Gasteiger partial charge in [0, 0.05) is 11.6 Å². The predicted molar refractivity (Wildman–Crippen MR) is 231 cm³/mol. The molecule has 6 aromatic carbocycles. The molecule has 77 heavy (non-hydrogen) atoms. The Morgan fingerprint density at radius 3 is 0.896 bits per heavy atom. The molecule has 1 heterocycles. The van der Waals surface area contributed by atoms with Crippen LogP contribution in [0, 0.1) is 0 Å². The Labute approximate surface area is 422 Å². The van der Waals surface area contributed by atoms with Gasteiger partial charge in [-0.2, -0.15) is 132 Å². The van der Waals surface area contributed by atoms with E-state index < -0.39 is 195 Å². The number of hydrogen-bond donors (Lipinski definition) is 0. The number of fused-ring (bicyclic) bond motifs is 1. The Hall–Kier alpha value is -6.80. The number of hydrogen-bond acceptors (Lipinski definition) is 1. The molecule has 2 nitrogen and oxygen atoms in total. The molecule has 0 N–H and O–H groups in total. The summed E-state index contributed by atoms with van der Waals surface area (Å²) in [6.45, 7) is 0.762. The molecule has 7 aromatic rings. The monoisotopic (exact) mass is 1150 g/mol. The van der Waals surface area contributed by atoms with Crippen molar-refractivity contribution < 1.29 is 115 Å². The predicted octanol–water partition coefficient (Wildman–Crippen LogP) is 15.0. The van der Waals surface area contributed by atoms with Gasteiger partial charge in [-0.05, 0) is 35.7 Å². The number of pyridine rings is 1. The fraction of sp³-hybridized carbons (Fsp3) is 0.204. The quantitative estimate of drug-likeness (QED) is 0.0640. The molecule has 0 saturated carbocycles. The van der Waals surface area contributed by atoms with Crippen molar-refractivity contribution in [3.8, 4) is 5.88 Å². The summed E-state index contributed by atoms with van der Waals surface area (Å²) in [4.78, 5) is 0. The molecule has 0 amide bonds. The number of benzene rings is 6. The van der Waals surface area contributed by atoms with Gasteiger partial charge in [-0.3, -0.25) is 0 Å². The van der Waals surface area contributed by atoms with Crippen molar-refractivity contribution in [3.05, 3.63) is 190 Å². The average Bonchev–Trinajstić information content (AvgIpc) is 3.30. The van der Waals surface area contributed by atoms with Crippen LogP contribution in [0.4, 0.5) is 105 Å². The third-order valence-electron chi connectivity index (χ3n) is 11.7. The molecule has 1 aromatic heterocycles. The van der Waals surface area contributed by atoms with Gasteiger partial charge in [-0.15, -0.1) is 0 Å². The lowest BCUT2D eigenvalue weighted by atomic mass is 9.12. The van der Waals surface area contributed by atoms with Crippen LogP contribution in [0.1, 0.15) is 50.1 Å². The number of halogens is 25. The second-order valence-corrected chi connectivity index (χ2v) is 17.0. The van der Waals surface area contributed by atoms with Crippen LogP contribution in [-0.2, 0) is 56.0 Å². The first-order valence-corrected chi connectivity index (χ1v) is 21.7. The molecule has 28 heteroatoms. The molecule has 0 bridgehead atoms. The molecule has 7 rings (SSSR count). The third kappa shape index (κ3) is 13.5. The van der Waals surface area contributed by atoms with Crippen molar-refractivity contribution in [2.45, 2.75) is 56.0 Å². The lowest BCUT2D eigenvalue weighted by Gasteiger charge is -2.46. The lowest BCUT2D eigenvalue weighted by molar-refractivity contribution is -0.691. The van der Waals surface area contributed by atoms with Crippen molar-refractivity contribution in [1.29, 1.82) is 0 Å². The van der Waals surface area contributed by atoms with Gasteiger partial charge in [0.2, 0.25) is 0 Å². The van der Waals surface area contributed by atoms with Gasteiger partial charge in [-0.1, -0.05) is 109 Å². The molecule has 0 spiro atoms. The van der Waals surface area contributed by atoms with Crippen LogP contribution < -0.4 is 31.2 Å². The Morgan fingerprint density at radius 1 is 0.351 bits per heavy atom. The average molecular weight is 1150 g/mol. The molecule has 412 valence electrons. The zero-order valence-corrected chi connectivity index (χ0v) is 38.3. The standard InChI is InChI=1S/C32H12BF24.C17H15ClNO/c34-25(35,36)13-1-14(26(37,38)39)6-21(5-13)33(22-7-15(27(40,41)42)2-16(8-22)28(43,44)45,23-9-17(29(46,47)48)3-18(10-23)30(49,50)51)24-11-19(31(52,53)54)4-20(12-24)32(55,56)57;18-13-20-17-16-9-5-4-8-15(16)10-11-19(17)12-14-6-2-1-3-7-14/h1-12H;1-11H,12-13H2/q-1;+1. The van der Waals surface area contributed by atoms with E-state index in [9.17, 15) is 105 Å². The van der Waals surface area contributed by atoms with Crippen molar-refractivity contribution in [1.82, 2.24) is 0 Å². The topological polar surface area (TPSA) is 13.1 Å². The fourth-order valence-electron chi connectivity index (χ4n) is 8.42. The van der Waals surface area contributed by atoms with Crippen LogP contribution >= 0.6 is 11.6 Å². The molecule has 0 aliphatic heterocycles. The summed E-state index contributed by atoms with van der Waals surface area (Å²) in [7, 11) is 0. The van der Waals surface area contributed by atoms with E-state index in [2.05, 4.69) is 34.9 Å². The van der Waals surface area contributed by atoms with Gasteiger partial charge in [0.05, 0.1) is 49.9 Å². The van der Waals surface area contributed by atoms with E-state index >= 15 is 0 Å². The van der Waals surface area contributed by atoms with Crippen LogP contribution in [0.25, 0.3) is 10.8 Å². The largest absolute Gasteiger partial charge is 0.428 e. The minimum absolute atomic E-state index is 0.142. The lowest BCUT2D eigenvalue weighted by Crippen LogP contribution is -2.75. The highest BCUT2D eigenvalue weighted by Gasteiger charge is 2.47. The zero-order chi connectivity index (χ0) is 57.7. The second kappa shape index (κ2) is 20.9. The Morgan fingerprint density at radius 2 is 0.623 bits per heavy atom. The van der Waals surface area contributed by atoms with Gasteiger partial charge in [0.15, 0.2) is 18.8 Å². The number of nitrogens with zero attached hydrogens (tertiary/aromatic N) is 1. The molecule has 0 atom stereocenters. The third-order valence-corrected chi connectivity index (χ3v) is 11.8. The maximum atomic E-state index is 14.2. The van der Waals surface area contributed by atoms with Crippen molar-refractivity contribution >= 4 is 50.4 Å². The summed E-state index contributed by atoms with van der Waals surface area (Å²) in [6.07, 6.45) is -52.8. The fourth-order valence-corrected chi connectivity index (χ4v) is 8.52. The number of alkyl halides is 25. The molecule has 0 fully saturated rings. The van der Waals surface area contributed by atoms with Crippen LogP contribution in [0.15, 0.2) is 140 Å². The van der Waals surface area contributed by atoms with Crippen LogP contribution in [0.5, 0.6) is 5.88 Å². The maximum absolute atomic E-state index is 14.2. The highest BCUT2D eigenvalue weighted by atomic mass is 35.5. The Bertz CT molecular complexity index is 2810.